The molecule has 0 aliphatic carbocycles. The van der Waals surface area contributed by atoms with Gasteiger partial charge in [0.05, 0.1) is 16.2 Å². The van der Waals surface area contributed by atoms with E-state index in [-0.39, 0.29) is 16.6 Å². The van der Waals surface area contributed by atoms with E-state index < -0.39 is 11.4 Å². The Morgan fingerprint density at radius 2 is 2.35 bits per heavy atom. The van der Waals surface area contributed by atoms with Crippen LogP contribution in [-0.2, 0) is 4.79 Å². The molecule has 17 heavy (non-hydrogen) atoms. The minimum atomic E-state index is -0.616. The van der Waals surface area contributed by atoms with Gasteiger partial charge in [0.25, 0.3) is 0 Å². The number of benzene rings is 1. The van der Waals surface area contributed by atoms with Gasteiger partial charge in [-0.05, 0) is 38.4 Å². The third-order valence-corrected chi connectivity index (χ3v) is 3.36. The van der Waals surface area contributed by atoms with Crippen molar-refractivity contribution in [3.05, 3.63) is 29.0 Å². The van der Waals surface area contributed by atoms with Crippen LogP contribution in [-0.4, -0.2) is 18.0 Å². The van der Waals surface area contributed by atoms with Crippen LogP contribution < -0.4 is 10.6 Å². The molecule has 1 unspecified atom stereocenters. The summed E-state index contributed by atoms with van der Waals surface area (Å²) in [5, 5.41) is 5.70. The molecule has 0 radical (unpaired) electrons. The first kappa shape index (κ1) is 12.3. The van der Waals surface area contributed by atoms with Crippen molar-refractivity contribution in [3.8, 4) is 0 Å². The summed E-state index contributed by atoms with van der Waals surface area (Å²) < 4.78 is 13.6. The minimum Gasteiger partial charge on any atom is -0.322 e. The zero-order chi connectivity index (χ0) is 12.5. The SMILES string of the molecule is CC1(C(=O)Nc2cccc(Cl)c2F)CCCN1. The minimum absolute atomic E-state index is 0.00679. The Labute approximate surface area is 104 Å². The molecule has 1 saturated heterocycles. The fourth-order valence-electron chi connectivity index (χ4n) is 1.95. The molecule has 1 aliphatic rings. The lowest BCUT2D eigenvalue weighted by Gasteiger charge is -2.23. The molecule has 1 aromatic carbocycles. The number of nitrogens with one attached hydrogen (secondary N) is 2. The maximum Gasteiger partial charge on any atom is 0.244 e. The van der Waals surface area contributed by atoms with Crippen LogP contribution >= 0.6 is 11.6 Å². The standard InChI is InChI=1S/C12H14ClFN2O/c1-12(6-3-7-15-12)11(17)16-9-5-2-4-8(13)10(9)14/h2,4-5,15H,3,6-7H2,1H3,(H,16,17). The van der Waals surface area contributed by atoms with Crippen LogP contribution in [0.5, 0.6) is 0 Å². The van der Waals surface area contributed by atoms with Crippen molar-refractivity contribution >= 4 is 23.2 Å². The Hall–Kier alpha value is -1.13. The van der Waals surface area contributed by atoms with E-state index in [1.165, 1.54) is 12.1 Å². The first-order valence-electron chi connectivity index (χ1n) is 5.53. The van der Waals surface area contributed by atoms with Gasteiger partial charge in [0.1, 0.15) is 0 Å². The van der Waals surface area contributed by atoms with Crippen LogP contribution in [0.25, 0.3) is 0 Å². The number of amides is 1. The lowest BCUT2D eigenvalue weighted by molar-refractivity contribution is -0.121. The normalized spacial score (nSPS) is 23.7. The van der Waals surface area contributed by atoms with Crippen LogP contribution in [0.3, 0.4) is 0 Å². The second kappa shape index (κ2) is 4.63. The molecular weight excluding hydrogens is 243 g/mol. The molecule has 92 valence electrons. The average molecular weight is 257 g/mol. The fraction of sp³-hybridized carbons (Fsp3) is 0.417. The summed E-state index contributed by atoms with van der Waals surface area (Å²) in [5.41, 5.74) is -0.494. The van der Waals surface area contributed by atoms with E-state index in [4.69, 9.17) is 11.6 Å². The molecule has 5 heteroatoms. The second-order valence-electron chi connectivity index (χ2n) is 4.42. The molecule has 0 saturated carbocycles. The summed E-state index contributed by atoms with van der Waals surface area (Å²) in [6, 6.07) is 4.55. The van der Waals surface area contributed by atoms with Gasteiger partial charge in [-0.3, -0.25) is 4.79 Å². The van der Waals surface area contributed by atoms with Crippen molar-refractivity contribution in [1.82, 2.24) is 5.32 Å². The molecule has 2 rings (SSSR count). The number of halogens is 2. The quantitative estimate of drug-likeness (QED) is 0.854. The van der Waals surface area contributed by atoms with Crippen LogP contribution in [0.4, 0.5) is 10.1 Å². The molecule has 1 aromatic rings. The molecule has 1 amide bonds. The van der Waals surface area contributed by atoms with Crippen molar-refractivity contribution in [2.24, 2.45) is 0 Å². The zero-order valence-electron chi connectivity index (χ0n) is 9.52. The number of carbonyl (C=O) groups is 1. The fourth-order valence-corrected chi connectivity index (χ4v) is 2.12. The van der Waals surface area contributed by atoms with E-state index in [9.17, 15) is 9.18 Å². The Bertz CT molecular complexity index is 444. The van der Waals surface area contributed by atoms with Crippen molar-refractivity contribution < 1.29 is 9.18 Å². The van der Waals surface area contributed by atoms with E-state index in [1.807, 2.05) is 6.92 Å². The van der Waals surface area contributed by atoms with E-state index in [2.05, 4.69) is 10.6 Å². The molecule has 3 nitrogen and oxygen atoms in total. The maximum atomic E-state index is 13.6. The van der Waals surface area contributed by atoms with Gasteiger partial charge in [0.2, 0.25) is 5.91 Å². The molecule has 0 spiro atoms. The van der Waals surface area contributed by atoms with Crippen LogP contribution in [0.2, 0.25) is 5.02 Å². The number of carbonyl (C=O) groups excluding carboxylic acids is 1. The van der Waals surface area contributed by atoms with Gasteiger partial charge < -0.3 is 10.6 Å². The van der Waals surface area contributed by atoms with Gasteiger partial charge in [0, 0.05) is 0 Å². The highest BCUT2D eigenvalue weighted by atomic mass is 35.5. The van der Waals surface area contributed by atoms with Crippen LogP contribution in [0, 0.1) is 5.82 Å². The van der Waals surface area contributed by atoms with E-state index in [1.54, 1.807) is 6.07 Å². The summed E-state index contributed by atoms with van der Waals surface area (Å²) in [4.78, 5) is 12.0. The van der Waals surface area contributed by atoms with Crippen molar-refractivity contribution in [3.63, 3.8) is 0 Å². The number of hydrogen-bond donors (Lipinski definition) is 2. The number of anilines is 1. The molecule has 1 fully saturated rings. The highest BCUT2D eigenvalue weighted by Crippen LogP contribution is 2.25. The Kier molecular flexibility index (Phi) is 3.35. The third-order valence-electron chi connectivity index (χ3n) is 3.07. The molecule has 1 atom stereocenters. The average Bonchev–Trinajstić information content (AvgIpc) is 2.73. The molecule has 1 heterocycles. The van der Waals surface area contributed by atoms with E-state index >= 15 is 0 Å². The smallest absolute Gasteiger partial charge is 0.244 e. The van der Waals surface area contributed by atoms with Crippen LogP contribution in [0.15, 0.2) is 18.2 Å². The summed E-state index contributed by atoms with van der Waals surface area (Å²) in [5.74, 6) is -0.819. The third kappa shape index (κ3) is 2.42. The predicted molar refractivity (Wildman–Crippen MR) is 65.7 cm³/mol. The summed E-state index contributed by atoms with van der Waals surface area (Å²) in [6.45, 7) is 2.62. The summed E-state index contributed by atoms with van der Waals surface area (Å²) in [6.07, 6.45) is 1.70. The van der Waals surface area contributed by atoms with Gasteiger partial charge in [-0.2, -0.15) is 0 Å². The summed E-state index contributed by atoms with van der Waals surface area (Å²) in [7, 11) is 0. The number of hydrogen-bond acceptors (Lipinski definition) is 2. The van der Waals surface area contributed by atoms with E-state index in [0.717, 1.165) is 19.4 Å². The van der Waals surface area contributed by atoms with Crippen LogP contribution in [0.1, 0.15) is 19.8 Å². The Morgan fingerprint density at radius 1 is 1.59 bits per heavy atom. The largest absolute Gasteiger partial charge is 0.322 e. The highest BCUT2D eigenvalue weighted by Gasteiger charge is 2.36. The van der Waals surface area contributed by atoms with Gasteiger partial charge >= 0.3 is 0 Å². The molecule has 0 bridgehead atoms. The zero-order valence-corrected chi connectivity index (χ0v) is 10.3. The highest BCUT2D eigenvalue weighted by molar-refractivity contribution is 6.31. The first-order valence-corrected chi connectivity index (χ1v) is 5.91. The molecule has 0 aromatic heterocycles. The molecular formula is C12H14ClFN2O. The van der Waals surface area contributed by atoms with Crippen molar-refractivity contribution in [1.29, 1.82) is 0 Å². The lowest BCUT2D eigenvalue weighted by Crippen LogP contribution is -2.48. The van der Waals surface area contributed by atoms with Gasteiger partial charge in [-0.1, -0.05) is 17.7 Å². The van der Waals surface area contributed by atoms with E-state index in [0.29, 0.717) is 0 Å². The van der Waals surface area contributed by atoms with Gasteiger partial charge in [0.15, 0.2) is 5.82 Å². The molecule has 1 aliphatic heterocycles. The number of rotatable bonds is 2. The maximum absolute atomic E-state index is 13.6. The van der Waals surface area contributed by atoms with Crippen molar-refractivity contribution in [2.45, 2.75) is 25.3 Å². The van der Waals surface area contributed by atoms with Gasteiger partial charge in [-0.15, -0.1) is 0 Å². The summed E-state index contributed by atoms with van der Waals surface area (Å²) >= 11 is 5.65. The Balaban J connectivity index is 2.16. The predicted octanol–water partition coefficient (Wildman–Crippen LogP) is 2.56. The lowest BCUT2D eigenvalue weighted by atomic mass is 9.99. The monoisotopic (exact) mass is 256 g/mol. The Morgan fingerprint density at radius 3 is 3.00 bits per heavy atom. The van der Waals surface area contributed by atoms with Crippen molar-refractivity contribution in [2.75, 3.05) is 11.9 Å². The van der Waals surface area contributed by atoms with Gasteiger partial charge in [-0.25, -0.2) is 4.39 Å². The molecule has 2 N–H and O–H groups in total. The first-order chi connectivity index (χ1) is 8.03. The topological polar surface area (TPSA) is 41.1 Å². The second-order valence-corrected chi connectivity index (χ2v) is 4.83.